The van der Waals surface area contributed by atoms with Crippen molar-refractivity contribution >= 4 is 34.1 Å². The van der Waals surface area contributed by atoms with Crippen molar-refractivity contribution in [2.24, 2.45) is 5.73 Å². The molecule has 0 aliphatic carbocycles. The van der Waals surface area contributed by atoms with Crippen LogP contribution in [0, 0.1) is 0 Å². The molecule has 17 heavy (non-hydrogen) atoms. The fraction of sp³-hybridized carbons (Fsp3) is 0.0909. The molecule has 86 valence electrons. The van der Waals surface area contributed by atoms with Crippen LogP contribution in [-0.4, -0.2) is 9.59 Å². The van der Waals surface area contributed by atoms with Crippen LogP contribution in [0.2, 0.25) is 5.02 Å². The van der Waals surface area contributed by atoms with Gasteiger partial charge in [-0.25, -0.2) is 0 Å². The summed E-state index contributed by atoms with van der Waals surface area (Å²) in [6.45, 7) is 0. The molecule has 0 bridgehead atoms. The number of nitrogens with zero attached hydrogens (tertiary/aromatic N) is 2. The number of hydrogen-bond donors (Lipinski definition) is 1. The number of hydrogen-bond acceptors (Lipinski definition) is 5. The minimum absolute atomic E-state index is 0.405. The Morgan fingerprint density at radius 3 is 3.00 bits per heavy atom. The number of halogens is 1. The van der Waals surface area contributed by atoms with Crippen LogP contribution in [0.1, 0.15) is 17.5 Å². The van der Waals surface area contributed by atoms with Crippen molar-refractivity contribution in [2.45, 2.75) is 6.04 Å². The molecular formula is C11H8ClN3OS. The van der Waals surface area contributed by atoms with Gasteiger partial charge in [0.2, 0.25) is 0 Å². The lowest BCUT2D eigenvalue weighted by atomic mass is 10.2. The lowest BCUT2D eigenvalue weighted by Crippen LogP contribution is -2.11. The second-order valence-corrected chi connectivity index (χ2v) is 4.63. The van der Waals surface area contributed by atoms with E-state index in [2.05, 4.69) is 9.59 Å². The zero-order valence-electron chi connectivity index (χ0n) is 8.63. The average molecular weight is 266 g/mol. The first-order valence-electron chi connectivity index (χ1n) is 4.96. The number of fused-ring (bicyclic) bond motifs is 1. The predicted octanol–water partition coefficient (Wildman–Crippen LogP) is 2.99. The van der Waals surface area contributed by atoms with Gasteiger partial charge < -0.3 is 10.2 Å². The molecular weight excluding hydrogens is 258 g/mol. The van der Waals surface area contributed by atoms with Crippen LogP contribution in [0.3, 0.4) is 0 Å². The summed E-state index contributed by atoms with van der Waals surface area (Å²) in [6, 6.07) is 7.07. The van der Waals surface area contributed by atoms with Crippen molar-refractivity contribution in [1.82, 2.24) is 9.59 Å². The minimum atomic E-state index is -0.405. The molecule has 0 spiro atoms. The molecule has 0 saturated heterocycles. The van der Waals surface area contributed by atoms with Crippen molar-refractivity contribution in [3.05, 3.63) is 46.1 Å². The highest BCUT2D eigenvalue weighted by atomic mass is 35.5. The van der Waals surface area contributed by atoms with Crippen LogP contribution < -0.4 is 5.73 Å². The van der Waals surface area contributed by atoms with Crippen LogP contribution in [0.25, 0.3) is 11.0 Å². The Morgan fingerprint density at radius 1 is 1.41 bits per heavy atom. The van der Waals surface area contributed by atoms with Gasteiger partial charge in [-0.2, -0.15) is 0 Å². The first-order valence-corrected chi connectivity index (χ1v) is 6.17. The highest BCUT2D eigenvalue weighted by Gasteiger charge is 2.17. The second kappa shape index (κ2) is 4.10. The van der Waals surface area contributed by atoms with E-state index >= 15 is 0 Å². The zero-order chi connectivity index (χ0) is 11.8. The van der Waals surface area contributed by atoms with Gasteiger partial charge >= 0.3 is 0 Å². The van der Waals surface area contributed by atoms with E-state index < -0.39 is 6.04 Å². The molecule has 0 amide bonds. The largest absolute Gasteiger partial charge is 0.457 e. The summed E-state index contributed by atoms with van der Waals surface area (Å²) in [5, 5.41) is 7.26. The maximum Gasteiger partial charge on any atom is 0.152 e. The number of nitrogens with two attached hydrogens (primary N) is 1. The van der Waals surface area contributed by atoms with E-state index in [9.17, 15) is 0 Å². The molecule has 4 nitrogen and oxygen atoms in total. The maximum absolute atomic E-state index is 6.04. The van der Waals surface area contributed by atoms with Crippen molar-refractivity contribution in [3.8, 4) is 0 Å². The maximum atomic E-state index is 6.04. The number of rotatable bonds is 2. The van der Waals surface area contributed by atoms with Crippen molar-refractivity contribution in [2.75, 3.05) is 0 Å². The third-order valence-corrected chi connectivity index (χ3v) is 3.34. The molecule has 0 aliphatic heterocycles. The molecule has 2 N–H and O–H groups in total. The molecule has 0 fully saturated rings. The summed E-state index contributed by atoms with van der Waals surface area (Å²) in [5.74, 6) is 0.640. The SMILES string of the molecule is NC(c1csnn1)c1cc2cccc(Cl)c2o1. The van der Waals surface area contributed by atoms with Crippen LogP contribution in [0.4, 0.5) is 0 Å². The number of furan rings is 1. The van der Waals surface area contributed by atoms with E-state index in [1.807, 2.05) is 18.2 Å². The molecule has 3 rings (SSSR count). The van der Waals surface area contributed by atoms with E-state index in [0.29, 0.717) is 22.1 Å². The Labute approximate surface area is 106 Å². The van der Waals surface area contributed by atoms with Gasteiger partial charge in [0.25, 0.3) is 0 Å². The lowest BCUT2D eigenvalue weighted by molar-refractivity contribution is 0.520. The normalized spacial score (nSPS) is 13.1. The Balaban J connectivity index is 2.10. The minimum Gasteiger partial charge on any atom is -0.457 e. The van der Waals surface area contributed by atoms with Gasteiger partial charge in [0.05, 0.1) is 10.7 Å². The topological polar surface area (TPSA) is 64.9 Å². The summed E-state index contributed by atoms with van der Waals surface area (Å²) in [4.78, 5) is 0. The van der Waals surface area contributed by atoms with Crippen LogP contribution in [-0.2, 0) is 0 Å². The molecule has 1 unspecified atom stereocenters. The first kappa shape index (κ1) is 10.7. The molecule has 2 aromatic heterocycles. The fourth-order valence-electron chi connectivity index (χ4n) is 1.65. The first-order chi connectivity index (χ1) is 8.25. The Hall–Kier alpha value is -1.43. The quantitative estimate of drug-likeness (QED) is 0.774. The molecule has 1 aromatic carbocycles. The van der Waals surface area contributed by atoms with Gasteiger partial charge in [-0.05, 0) is 23.7 Å². The summed E-state index contributed by atoms with van der Waals surface area (Å²) >= 11 is 7.30. The van der Waals surface area contributed by atoms with E-state index in [-0.39, 0.29) is 0 Å². The third kappa shape index (κ3) is 1.82. The van der Waals surface area contributed by atoms with Crippen molar-refractivity contribution in [1.29, 1.82) is 0 Å². The smallest absolute Gasteiger partial charge is 0.152 e. The average Bonchev–Trinajstić information content (AvgIpc) is 2.98. The monoisotopic (exact) mass is 265 g/mol. The van der Waals surface area contributed by atoms with Crippen molar-refractivity contribution < 1.29 is 4.42 Å². The molecule has 0 radical (unpaired) electrons. The van der Waals surface area contributed by atoms with E-state index in [1.165, 1.54) is 11.5 Å². The van der Waals surface area contributed by atoms with Gasteiger partial charge in [-0.15, -0.1) is 5.10 Å². The van der Waals surface area contributed by atoms with Crippen LogP contribution in [0.5, 0.6) is 0 Å². The van der Waals surface area contributed by atoms with Crippen molar-refractivity contribution in [3.63, 3.8) is 0 Å². The number of para-hydroxylation sites is 1. The summed E-state index contributed by atoms with van der Waals surface area (Å²) in [5.41, 5.74) is 7.40. The number of aromatic nitrogens is 2. The Kier molecular flexibility index (Phi) is 2.58. The molecule has 0 saturated carbocycles. The van der Waals surface area contributed by atoms with Crippen LogP contribution >= 0.6 is 23.1 Å². The predicted molar refractivity (Wildman–Crippen MR) is 67.2 cm³/mol. The van der Waals surface area contributed by atoms with Gasteiger partial charge in [0, 0.05) is 10.8 Å². The standard InChI is InChI=1S/C11H8ClN3OS/c12-7-3-1-2-6-4-9(16-11(6)7)10(13)8-5-17-15-14-8/h1-5,10H,13H2. The molecule has 1 atom stereocenters. The summed E-state index contributed by atoms with van der Waals surface area (Å²) < 4.78 is 9.45. The fourth-order valence-corrected chi connectivity index (χ4v) is 2.36. The van der Waals surface area contributed by atoms with Gasteiger partial charge in [-0.3, -0.25) is 0 Å². The number of benzene rings is 1. The Morgan fingerprint density at radius 2 is 2.29 bits per heavy atom. The molecule has 6 heteroatoms. The van der Waals surface area contributed by atoms with Gasteiger partial charge in [-0.1, -0.05) is 28.2 Å². The van der Waals surface area contributed by atoms with E-state index in [0.717, 1.165) is 5.39 Å². The highest BCUT2D eigenvalue weighted by Crippen LogP contribution is 2.30. The Bertz CT molecular complexity index is 650. The van der Waals surface area contributed by atoms with E-state index in [1.54, 1.807) is 11.4 Å². The highest BCUT2D eigenvalue weighted by molar-refractivity contribution is 7.03. The molecule has 3 aromatic rings. The molecule has 2 heterocycles. The van der Waals surface area contributed by atoms with Crippen LogP contribution in [0.15, 0.2) is 34.1 Å². The summed E-state index contributed by atoms with van der Waals surface area (Å²) in [7, 11) is 0. The van der Waals surface area contributed by atoms with Gasteiger partial charge in [0.1, 0.15) is 11.8 Å². The van der Waals surface area contributed by atoms with Gasteiger partial charge in [0.15, 0.2) is 5.58 Å². The molecule has 0 aliphatic rings. The third-order valence-electron chi connectivity index (χ3n) is 2.52. The second-order valence-electron chi connectivity index (χ2n) is 3.61. The van der Waals surface area contributed by atoms with E-state index in [4.69, 9.17) is 21.8 Å². The summed E-state index contributed by atoms with van der Waals surface area (Å²) in [6.07, 6.45) is 0. The lowest BCUT2D eigenvalue weighted by Gasteiger charge is -2.02. The zero-order valence-corrected chi connectivity index (χ0v) is 10.2.